The summed E-state index contributed by atoms with van der Waals surface area (Å²) in [7, 11) is 1.69. The number of aromatic nitrogens is 1. The minimum atomic E-state index is 0. The van der Waals surface area contributed by atoms with Crippen LogP contribution in [0, 0.1) is 19.8 Å². The normalized spacial score (nSPS) is 17.7. The van der Waals surface area contributed by atoms with Crippen molar-refractivity contribution in [1.82, 2.24) is 15.2 Å². The van der Waals surface area contributed by atoms with Gasteiger partial charge in [-0.3, -0.25) is 0 Å². The van der Waals surface area contributed by atoms with Crippen LogP contribution in [0.3, 0.4) is 0 Å². The lowest BCUT2D eigenvalue weighted by Crippen LogP contribution is -2.40. The first kappa shape index (κ1) is 22.2. The van der Waals surface area contributed by atoms with Crippen molar-refractivity contribution >= 4 is 29.9 Å². The summed E-state index contributed by atoms with van der Waals surface area (Å²) in [5, 5.41) is 3.36. The van der Waals surface area contributed by atoms with E-state index in [1.54, 1.807) is 7.11 Å². The fraction of sp³-hybridized carbons (Fsp3) is 0.765. The molecule has 2 rings (SSSR count). The molecule has 1 unspecified atom stereocenters. The highest BCUT2D eigenvalue weighted by Gasteiger charge is 2.25. The number of guanidine groups is 1. The van der Waals surface area contributed by atoms with Crippen LogP contribution < -0.4 is 5.32 Å². The molecule has 1 aromatic heterocycles. The van der Waals surface area contributed by atoms with Crippen LogP contribution in [0.1, 0.15) is 30.7 Å². The lowest BCUT2D eigenvalue weighted by Gasteiger charge is -2.21. The fourth-order valence-corrected chi connectivity index (χ4v) is 2.73. The van der Waals surface area contributed by atoms with Crippen LogP contribution in [0.15, 0.2) is 9.41 Å². The molecule has 25 heavy (non-hydrogen) atoms. The van der Waals surface area contributed by atoms with E-state index in [0.29, 0.717) is 31.6 Å². The van der Waals surface area contributed by atoms with Gasteiger partial charge in [0.2, 0.25) is 5.89 Å². The molecule has 1 aliphatic heterocycles. The maximum absolute atomic E-state index is 5.65. The highest BCUT2D eigenvalue weighted by Crippen LogP contribution is 2.17. The molecule has 7 nitrogen and oxygen atoms in total. The van der Waals surface area contributed by atoms with Gasteiger partial charge in [-0.25, -0.2) is 9.98 Å². The Morgan fingerprint density at radius 3 is 2.84 bits per heavy atom. The maximum Gasteiger partial charge on any atom is 0.216 e. The summed E-state index contributed by atoms with van der Waals surface area (Å²) in [6.07, 6.45) is 1.12. The van der Waals surface area contributed by atoms with Crippen molar-refractivity contribution in [2.45, 2.75) is 33.7 Å². The first-order valence-electron chi connectivity index (χ1n) is 8.66. The zero-order valence-electron chi connectivity index (χ0n) is 15.7. The topological polar surface area (TPSA) is 72.1 Å². The summed E-state index contributed by atoms with van der Waals surface area (Å²) < 4.78 is 16.3. The molecular formula is C17H31IN4O3. The highest BCUT2D eigenvalue weighted by atomic mass is 127. The summed E-state index contributed by atoms with van der Waals surface area (Å²) in [6.45, 7) is 11.3. The zero-order valence-corrected chi connectivity index (χ0v) is 18.0. The van der Waals surface area contributed by atoms with Crippen molar-refractivity contribution in [3.05, 3.63) is 17.3 Å². The number of nitrogens with one attached hydrogen (secondary N) is 1. The van der Waals surface area contributed by atoms with Crippen LogP contribution >= 0.6 is 24.0 Å². The van der Waals surface area contributed by atoms with E-state index in [-0.39, 0.29) is 24.0 Å². The van der Waals surface area contributed by atoms with Crippen molar-refractivity contribution in [1.29, 1.82) is 0 Å². The van der Waals surface area contributed by atoms with E-state index in [0.717, 1.165) is 50.1 Å². The van der Waals surface area contributed by atoms with Crippen molar-refractivity contribution in [2.24, 2.45) is 10.9 Å². The van der Waals surface area contributed by atoms with E-state index in [9.17, 15) is 0 Å². The molecule has 1 N–H and O–H groups in total. The molecule has 1 aliphatic rings. The van der Waals surface area contributed by atoms with Crippen LogP contribution in [0.4, 0.5) is 0 Å². The number of rotatable bonds is 8. The molecule has 0 spiro atoms. The maximum atomic E-state index is 5.65. The summed E-state index contributed by atoms with van der Waals surface area (Å²) in [4.78, 5) is 11.4. The summed E-state index contributed by atoms with van der Waals surface area (Å²) in [5.41, 5.74) is 0.930. The third-order valence-corrected chi connectivity index (χ3v) is 4.14. The Hall–Kier alpha value is -0.870. The molecule has 0 bridgehead atoms. The van der Waals surface area contributed by atoms with Gasteiger partial charge in [0.05, 0.1) is 25.5 Å². The minimum absolute atomic E-state index is 0. The number of halogens is 1. The molecule has 0 radical (unpaired) electrons. The van der Waals surface area contributed by atoms with Crippen LogP contribution in [-0.4, -0.2) is 62.4 Å². The Morgan fingerprint density at radius 2 is 2.20 bits per heavy atom. The number of hydrogen-bond donors (Lipinski definition) is 1. The van der Waals surface area contributed by atoms with E-state index in [4.69, 9.17) is 13.9 Å². The van der Waals surface area contributed by atoms with Gasteiger partial charge < -0.3 is 24.1 Å². The van der Waals surface area contributed by atoms with E-state index >= 15 is 0 Å². The van der Waals surface area contributed by atoms with E-state index in [1.165, 1.54) is 0 Å². The fourth-order valence-electron chi connectivity index (χ4n) is 2.73. The zero-order chi connectivity index (χ0) is 17.4. The molecule has 0 aromatic carbocycles. The van der Waals surface area contributed by atoms with Gasteiger partial charge in [-0.05, 0) is 27.2 Å². The smallest absolute Gasteiger partial charge is 0.216 e. The Labute approximate surface area is 167 Å². The second-order valence-corrected chi connectivity index (χ2v) is 6.09. The van der Waals surface area contributed by atoms with Gasteiger partial charge in [-0.1, -0.05) is 0 Å². The Bertz CT molecular complexity index is 516. The Kier molecular flexibility index (Phi) is 10.4. The van der Waals surface area contributed by atoms with Gasteiger partial charge in [-0.2, -0.15) is 0 Å². The van der Waals surface area contributed by atoms with Gasteiger partial charge in [0, 0.05) is 32.7 Å². The number of methoxy groups -OCH3 is 1. The monoisotopic (exact) mass is 466 g/mol. The van der Waals surface area contributed by atoms with Crippen LogP contribution in [-0.2, 0) is 16.0 Å². The molecule has 8 heteroatoms. The van der Waals surface area contributed by atoms with E-state index in [1.807, 2.05) is 13.8 Å². The first-order valence-corrected chi connectivity index (χ1v) is 8.66. The van der Waals surface area contributed by atoms with Crippen LogP contribution in [0.2, 0.25) is 0 Å². The number of hydrogen-bond acceptors (Lipinski definition) is 5. The lowest BCUT2D eigenvalue weighted by atomic mass is 10.1. The number of likely N-dealkylation sites (tertiary alicyclic amines) is 1. The molecule has 0 saturated carbocycles. The van der Waals surface area contributed by atoms with Crippen LogP contribution in [0.25, 0.3) is 0 Å². The van der Waals surface area contributed by atoms with Crippen molar-refractivity contribution < 1.29 is 13.9 Å². The standard InChI is InChI=1S/C17H30N4O3.HI/c1-5-18-17(19-10-16-20-13(2)14(3)24-16)21-7-6-15(11-21)12-23-9-8-22-4;/h15H,5-12H2,1-4H3,(H,18,19);1H. The largest absolute Gasteiger partial charge is 0.444 e. The van der Waals surface area contributed by atoms with Gasteiger partial charge in [0.1, 0.15) is 12.3 Å². The number of aliphatic imine (C=N–C) groups is 1. The lowest BCUT2D eigenvalue weighted by molar-refractivity contribution is 0.0536. The van der Waals surface area contributed by atoms with Gasteiger partial charge in [0.25, 0.3) is 0 Å². The average molecular weight is 466 g/mol. The SMILES string of the molecule is CCNC(=NCc1nc(C)c(C)o1)N1CCC(COCCOC)C1.I. The number of aryl methyl sites for hydroxylation is 2. The number of oxazole rings is 1. The minimum Gasteiger partial charge on any atom is -0.444 e. The molecule has 1 fully saturated rings. The first-order chi connectivity index (χ1) is 11.6. The molecule has 1 saturated heterocycles. The summed E-state index contributed by atoms with van der Waals surface area (Å²) in [6, 6.07) is 0. The second-order valence-electron chi connectivity index (χ2n) is 6.09. The van der Waals surface area contributed by atoms with Gasteiger partial charge >= 0.3 is 0 Å². The molecule has 2 heterocycles. The highest BCUT2D eigenvalue weighted by molar-refractivity contribution is 14.0. The van der Waals surface area contributed by atoms with Crippen molar-refractivity contribution in [2.75, 3.05) is 46.6 Å². The number of nitrogens with zero attached hydrogens (tertiary/aromatic N) is 3. The Balaban J connectivity index is 0.00000312. The van der Waals surface area contributed by atoms with Crippen molar-refractivity contribution in [3.63, 3.8) is 0 Å². The van der Waals surface area contributed by atoms with Crippen molar-refractivity contribution in [3.8, 4) is 0 Å². The van der Waals surface area contributed by atoms with Crippen LogP contribution in [0.5, 0.6) is 0 Å². The quantitative estimate of drug-likeness (QED) is 0.275. The molecule has 0 amide bonds. The molecule has 144 valence electrons. The third kappa shape index (κ3) is 7.10. The predicted octanol–water partition coefficient (Wildman–Crippen LogP) is 2.36. The Morgan fingerprint density at radius 1 is 1.40 bits per heavy atom. The van der Waals surface area contributed by atoms with E-state index < -0.39 is 0 Å². The predicted molar refractivity (Wildman–Crippen MR) is 109 cm³/mol. The summed E-state index contributed by atoms with van der Waals surface area (Å²) in [5.74, 6) is 2.99. The molecule has 1 aromatic rings. The average Bonchev–Trinajstić information content (AvgIpc) is 3.15. The van der Waals surface area contributed by atoms with Gasteiger partial charge in [-0.15, -0.1) is 24.0 Å². The summed E-state index contributed by atoms with van der Waals surface area (Å²) >= 11 is 0. The molecule has 0 aliphatic carbocycles. The van der Waals surface area contributed by atoms with E-state index in [2.05, 4.69) is 27.1 Å². The molecular weight excluding hydrogens is 435 g/mol. The second kappa shape index (κ2) is 11.7. The number of ether oxygens (including phenoxy) is 2. The van der Waals surface area contributed by atoms with Gasteiger partial charge in [0.15, 0.2) is 5.96 Å². The third-order valence-electron chi connectivity index (χ3n) is 4.14. The molecule has 1 atom stereocenters.